The van der Waals surface area contributed by atoms with Crippen LogP contribution in [0.5, 0.6) is 0 Å². The minimum Gasteiger partial charge on any atom is -0.449 e. The van der Waals surface area contributed by atoms with E-state index in [9.17, 15) is 4.79 Å². The summed E-state index contributed by atoms with van der Waals surface area (Å²) in [7, 11) is 0. The summed E-state index contributed by atoms with van der Waals surface area (Å²) in [6.07, 6.45) is -0.338. The Morgan fingerprint density at radius 3 is 2.71 bits per heavy atom. The average Bonchev–Trinajstić information content (AvgIpc) is 2.90. The molecule has 0 spiro atoms. The molecule has 1 aromatic heterocycles. The number of ether oxygens (including phenoxy) is 1. The molecule has 0 unspecified atom stereocenters. The van der Waals surface area contributed by atoms with Crippen LogP contribution in [0.25, 0.3) is 21.8 Å². The van der Waals surface area contributed by atoms with Gasteiger partial charge in [-0.05, 0) is 30.7 Å². The van der Waals surface area contributed by atoms with Crippen molar-refractivity contribution in [3.05, 3.63) is 48.0 Å². The van der Waals surface area contributed by atoms with Crippen LogP contribution in [-0.4, -0.2) is 17.3 Å². The summed E-state index contributed by atoms with van der Waals surface area (Å²) < 4.78 is 7.51. The number of cyclic esters (lactones) is 1. The van der Waals surface area contributed by atoms with E-state index in [1.165, 1.54) is 21.8 Å². The first-order valence-electron chi connectivity index (χ1n) is 8.45. The number of hydrogen-bond acceptors (Lipinski definition) is 2. The summed E-state index contributed by atoms with van der Waals surface area (Å²) in [6.45, 7) is 7.77. The molecule has 1 atom stereocenters. The fourth-order valence-electron chi connectivity index (χ4n) is 3.82. The van der Waals surface area contributed by atoms with Crippen molar-refractivity contribution in [1.29, 1.82) is 0 Å². The highest BCUT2D eigenvalue weighted by Crippen LogP contribution is 2.39. The maximum absolute atomic E-state index is 11.7. The van der Waals surface area contributed by atoms with E-state index in [0.717, 1.165) is 12.1 Å². The van der Waals surface area contributed by atoms with Crippen molar-refractivity contribution in [3.8, 4) is 0 Å². The summed E-state index contributed by atoms with van der Waals surface area (Å²) in [5, 5.41) is 5.48. The van der Waals surface area contributed by atoms with Gasteiger partial charge < -0.3 is 14.6 Å². The van der Waals surface area contributed by atoms with Gasteiger partial charge in [-0.2, -0.15) is 0 Å². The summed E-state index contributed by atoms with van der Waals surface area (Å²) in [4.78, 5) is 11.7. The Labute approximate surface area is 141 Å². The van der Waals surface area contributed by atoms with E-state index in [4.69, 9.17) is 4.74 Å². The molecular formula is C20H22N2O2. The molecule has 1 fully saturated rings. The van der Waals surface area contributed by atoms with Gasteiger partial charge in [-0.15, -0.1) is 0 Å². The number of fused-ring (bicyclic) bond motifs is 3. The molecule has 4 heteroatoms. The molecule has 1 amide bonds. The predicted octanol–water partition coefficient (Wildman–Crippen LogP) is 4.62. The van der Waals surface area contributed by atoms with Crippen LogP contribution in [0.4, 0.5) is 4.79 Å². The lowest BCUT2D eigenvalue weighted by Crippen LogP contribution is -2.46. The van der Waals surface area contributed by atoms with Crippen molar-refractivity contribution in [2.45, 2.75) is 33.4 Å². The lowest BCUT2D eigenvalue weighted by atomic mass is 9.80. The summed E-state index contributed by atoms with van der Waals surface area (Å²) >= 11 is 0. The number of aromatic nitrogens is 1. The Hall–Kier alpha value is -2.49. The minimum atomic E-state index is -0.338. The van der Waals surface area contributed by atoms with Gasteiger partial charge in [0.25, 0.3) is 0 Å². The van der Waals surface area contributed by atoms with Crippen LogP contribution < -0.4 is 5.32 Å². The summed E-state index contributed by atoms with van der Waals surface area (Å²) in [5.74, 6) is 0. The van der Waals surface area contributed by atoms with Crippen molar-refractivity contribution in [1.82, 2.24) is 9.88 Å². The third-order valence-corrected chi connectivity index (χ3v) is 5.06. The number of carbonyl (C=O) groups excluding carboxylic acids is 1. The molecular weight excluding hydrogens is 300 g/mol. The van der Waals surface area contributed by atoms with Crippen molar-refractivity contribution in [2.75, 3.05) is 6.61 Å². The Morgan fingerprint density at radius 1 is 1.17 bits per heavy atom. The minimum absolute atomic E-state index is 0.0492. The van der Waals surface area contributed by atoms with Crippen molar-refractivity contribution in [3.63, 3.8) is 0 Å². The number of alkyl carbamates (subject to hydrolysis) is 1. The fourth-order valence-corrected chi connectivity index (χ4v) is 3.82. The molecule has 0 radical (unpaired) electrons. The molecule has 0 saturated carbocycles. The number of carbonyl (C=O) groups is 1. The van der Waals surface area contributed by atoms with Gasteiger partial charge in [-0.25, -0.2) is 4.79 Å². The molecule has 4 nitrogen and oxygen atoms in total. The van der Waals surface area contributed by atoms with Crippen molar-refractivity contribution in [2.24, 2.45) is 5.41 Å². The second-order valence-corrected chi connectivity index (χ2v) is 7.18. The van der Waals surface area contributed by atoms with Gasteiger partial charge in [-0.1, -0.05) is 38.1 Å². The number of hydrogen-bond donors (Lipinski definition) is 1. The molecule has 1 aliphatic heterocycles. The zero-order valence-electron chi connectivity index (χ0n) is 14.3. The van der Waals surface area contributed by atoms with E-state index < -0.39 is 0 Å². The van der Waals surface area contributed by atoms with Crippen LogP contribution in [0.2, 0.25) is 0 Å². The number of para-hydroxylation sites is 1. The van der Waals surface area contributed by atoms with Gasteiger partial charge in [0.2, 0.25) is 0 Å². The van der Waals surface area contributed by atoms with Crippen molar-refractivity contribution >= 4 is 27.9 Å². The Morgan fingerprint density at radius 2 is 1.92 bits per heavy atom. The third kappa shape index (κ3) is 2.17. The largest absolute Gasteiger partial charge is 0.449 e. The Balaban J connectivity index is 1.92. The normalized spacial score (nSPS) is 20.1. The first kappa shape index (κ1) is 15.1. The SMILES string of the molecule is CCn1c2ccccc2c2cc([C@H]3NC(=O)OCC3(C)C)ccc21. The van der Waals surface area contributed by atoms with E-state index >= 15 is 0 Å². The lowest BCUT2D eigenvalue weighted by Gasteiger charge is -2.38. The van der Waals surface area contributed by atoms with E-state index in [0.29, 0.717) is 6.61 Å². The van der Waals surface area contributed by atoms with E-state index in [2.05, 4.69) is 73.1 Å². The van der Waals surface area contributed by atoms with Crippen LogP contribution in [-0.2, 0) is 11.3 Å². The molecule has 124 valence electrons. The molecule has 3 aromatic rings. The second kappa shape index (κ2) is 5.26. The number of nitrogens with one attached hydrogen (secondary N) is 1. The van der Waals surface area contributed by atoms with Gasteiger partial charge in [0.05, 0.1) is 6.04 Å². The van der Waals surface area contributed by atoms with E-state index in [1.807, 2.05) is 0 Å². The molecule has 2 aromatic carbocycles. The first-order chi connectivity index (χ1) is 11.5. The molecule has 1 saturated heterocycles. The zero-order valence-corrected chi connectivity index (χ0v) is 14.3. The standard InChI is InChI=1S/C20H22N2O2/c1-4-22-16-8-6-5-7-14(16)15-11-13(9-10-17(15)22)18-20(2,3)12-24-19(23)21-18/h5-11,18H,4,12H2,1-3H3,(H,21,23)/t18-/m1/s1. The van der Waals surface area contributed by atoms with Crippen LogP contribution >= 0.6 is 0 Å². The highest BCUT2D eigenvalue weighted by molar-refractivity contribution is 6.08. The Kier molecular flexibility index (Phi) is 3.30. The molecule has 2 heterocycles. The van der Waals surface area contributed by atoms with E-state index in [-0.39, 0.29) is 17.6 Å². The fraction of sp³-hybridized carbons (Fsp3) is 0.350. The molecule has 0 bridgehead atoms. The maximum Gasteiger partial charge on any atom is 0.407 e. The molecule has 24 heavy (non-hydrogen) atoms. The highest BCUT2D eigenvalue weighted by atomic mass is 16.6. The number of amides is 1. The number of rotatable bonds is 2. The molecule has 0 aliphatic carbocycles. The maximum atomic E-state index is 11.7. The lowest BCUT2D eigenvalue weighted by molar-refractivity contribution is 0.0388. The average molecular weight is 322 g/mol. The predicted molar refractivity (Wildman–Crippen MR) is 96.1 cm³/mol. The smallest absolute Gasteiger partial charge is 0.407 e. The van der Waals surface area contributed by atoms with E-state index in [1.54, 1.807) is 0 Å². The number of benzene rings is 2. The van der Waals surface area contributed by atoms with Crippen LogP contribution in [0.15, 0.2) is 42.5 Å². The van der Waals surface area contributed by atoms with Crippen molar-refractivity contribution < 1.29 is 9.53 Å². The monoisotopic (exact) mass is 322 g/mol. The van der Waals surface area contributed by atoms with Gasteiger partial charge in [-0.3, -0.25) is 0 Å². The molecule has 4 rings (SSSR count). The third-order valence-electron chi connectivity index (χ3n) is 5.06. The van der Waals surface area contributed by atoms with Gasteiger partial charge >= 0.3 is 6.09 Å². The zero-order chi connectivity index (χ0) is 16.9. The second-order valence-electron chi connectivity index (χ2n) is 7.18. The number of nitrogens with zero attached hydrogens (tertiary/aromatic N) is 1. The Bertz CT molecular complexity index is 939. The van der Waals surface area contributed by atoms with Crippen LogP contribution in [0, 0.1) is 5.41 Å². The highest BCUT2D eigenvalue weighted by Gasteiger charge is 2.38. The quantitative estimate of drug-likeness (QED) is 0.748. The van der Waals surface area contributed by atoms with Gasteiger partial charge in [0.1, 0.15) is 6.61 Å². The topological polar surface area (TPSA) is 43.3 Å². The van der Waals surface area contributed by atoms with Gasteiger partial charge in [0, 0.05) is 33.8 Å². The summed E-state index contributed by atoms with van der Waals surface area (Å²) in [5.41, 5.74) is 3.47. The van der Waals surface area contributed by atoms with Gasteiger partial charge in [0.15, 0.2) is 0 Å². The summed E-state index contributed by atoms with van der Waals surface area (Å²) in [6, 6.07) is 15.0. The molecule has 1 aliphatic rings. The van der Waals surface area contributed by atoms with Crippen LogP contribution in [0.1, 0.15) is 32.4 Å². The first-order valence-corrected chi connectivity index (χ1v) is 8.45. The number of aryl methyl sites for hydroxylation is 1. The van der Waals surface area contributed by atoms with Crippen LogP contribution in [0.3, 0.4) is 0 Å². The molecule has 1 N–H and O–H groups in total.